The van der Waals surface area contributed by atoms with Crippen molar-refractivity contribution in [1.82, 2.24) is 0 Å². The number of alkyl halides is 4. The van der Waals surface area contributed by atoms with Gasteiger partial charge in [-0.2, -0.15) is 17.6 Å². The molecule has 0 aromatic rings. The molecule has 1 fully saturated rings. The Kier molecular flexibility index (Phi) is 8.94. The number of esters is 1. The van der Waals surface area contributed by atoms with Crippen molar-refractivity contribution in [3.8, 4) is 0 Å². The average molecular weight is 422 g/mol. The quantitative estimate of drug-likeness (QED) is 0.167. The zero-order valence-electron chi connectivity index (χ0n) is 15.4. The number of unbranched alkanes of at least 4 members (excludes halogenated alkanes) is 1. The molecule has 1 rings (SSSR count). The number of hydrogen-bond acceptors (Lipinski definition) is 6. The summed E-state index contributed by atoms with van der Waals surface area (Å²) in [5.41, 5.74) is 0. The monoisotopic (exact) mass is 422 g/mol. The van der Waals surface area contributed by atoms with Gasteiger partial charge in [-0.25, -0.2) is 18.2 Å². The van der Waals surface area contributed by atoms with E-state index < -0.39 is 39.8 Å². The lowest BCUT2D eigenvalue weighted by Gasteiger charge is -2.26. The van der Waals surface area contributed by atoms with Gasteiger partial charge in [-0.1, -0.05) is 0 Å². The summed E-state index contributed by atoms with van der Waals surface area (Å²) in [6.45, 7) is 0.274. The predicted molar refractivity (Wildman–Crippen MR) is 88.0 cm³/mol. The van der Waals surface area contributed by atoms with E-state index in [2.05, 4.69) is 4.89 Å². The molecule has 0 bridgehead atoms. The van der Waals surface area contributed by atoms with Crippen LogP contribution in [0.2, 0.25) is 0 Å². The second-order valence-electron chi connectivity index (χ2n) is 6.79. The highest BCUT2D eigenvalue weighted by molar-refractivity contribution is 7.91. The van der Waals surface area contributed by atoms with Crippen molar-refractivity contribution in [3.63, 3.8) is 0 Å². The standard InChI is InChI=1S/C16H26F4O6S/c1-24-26-11-12-5-7-13(8-6-12)14(21)25-10-4-3-9-15(17,18)16(19,20)27(2,22)23/h12-13H,3-11H2,1-2H3. The van der Waals surface area contributed by atoms with Crippen LogP contribution in [0.4, 0.5) is 17.6 Å². The van der Waals surface area contributed by atoms with Gasteiger partial charge in [-0.15, -0.1) is 0 Å². The zero-order valence-corrected chi connectivity index (χ0v) is 16.2. The summed E-state index contributed by atoms with van der Waals surface area (Å²) in [4.78, 5) is 21.3. The van der Waals surface area contributed by atoms with Crippen molar-refractivity contribution in [2.24, 2.45) is 11.8 Å². The molecule has 0 unspecified atom stereocenters. The fraction of sp³-hybridized carbons (Fsp3) is 0.938. The largest absolute Gasteiger partial charge is 0.465 e. The highest BCUT2D eigenvalue weighted by atomic mass is 32.2. The fourth-order valence-corrected chi connectivity index (χ4v) is 3.53. The Hall–Kier alpha value is -0.940. The first kappa shape index (κ1) is 24.1. The van der Waals surface area contributed by atoms with Gasteiger partial charge in [0, 0.05) is 12.7 Å². The molecule has 1 aliphatic carbocycles. The maximum absolute atomic E-state index is 13.4. The third-order valence-corrected chi connectivity index (χ3v) is 5.85. The third-order valence-electron chi connectivity index (χ3n) is 4.62. The topological polar surface area (TPSA) is 78.9 Å². The molecule has 0 heterocycles. The number of halogens is 4. The lowest BCUT2D eigenvalue weighted by molar-refractivity contribution is -0.281. The van der Waals surface area contributed by atoms with Gasteiger partial charge >= 0.3 is 17.1 Å². The minimum atomic E-state index is -5.23. The molecule has 1 aliphatic rings. The summed E-state index contributed by atoms with van der Waals surface area (Å²) >= 11 is 0. The molecule has 0 amide bonds. The number of carbonyl (C=O) groups is 1. The first-order valence-corrected chi connectivity index (χ1v) is 10.6. The van der Waals surface area contributed by atoms with Crippen molar-refractivity contribution < 1.29 is 45.3 Å². The molecule has 0 N–H and O–H groups in total. The highest BCUT2D eigenvalue weighted by Crippen LogP contribution is 2.41. The minimum Gasteiger partial charge on any atom is -0.465 e. The van der Waals surface area contributed by atoms with Gasteiger partial charge in [0.1, 0.15) is 0 Å². The molecule has 1 saturated carbocycles. The third kappa shape index (κ3) is 6.86. The van der Waals surface area contributed by atoms with Crippen LogP contribution in [-0.2, 0) is 29.1 Å². The van der Waals surface area contributed by atoms with Gasteiger partial charge in [-0.05, 0) is 44.4 Å². The van der Waals surface area contributed by atoms with Crippen LogP contribution in [0.15, 0.2) is 0 Å². The molecule has 0 aromatic heterocycles. The Balaban J connectivity index is 2.28. The second kappa shape index (κ2) is 10.0. The van der Waals surface area contributed by atoms with Crippen LogP contribution in [0, 0.1) is 11.8 Å². The van der Waals surface area contributed by atoms with E-state index in [4.69, 9.17) is 9.62 Å². The van der Waals surface area contributed by atoms with Gasteiger partial charge in [0.2, 0.25) is 9.84 Å². The van der Waals surface area contributed by atoms with Crippen LogP contribution in [0.25, 0.3) is 0 Å². The molecule has 27 heavy (non-hydrogen) atoms. The first-order chi connectivity index (χ1) is 12.4. The Bertz CT molecular complexity index is 573. The van der Waals surface area contributed by atoms with E-state index in [0.717, 1.165) is 12.8 Å². The Morgan fingerprint density at radius 2 is 1.67 bits per heavy atom. The molecule has 0 saturated heterocycles. The van der Waals surface area contributed by atoms with Crippen molar-refractivity contribution in [2.75, 3.05) is 26.6 Å². The van der Waals surface area contributed by atoms with Crippen molar-refractivity contribution in [3.05, 3.63) is 0 Å². The number of carbonyl (C=O) groups excluding carboxylic acids is 1. The SMILES string of the molecule is COOCC1CCC(C(=O)OCCCCC(F)(F)C(F)(F)S(C)(=O)=O)CC1. The molecule has 0 atom stereocenters. The van der Waals surface area contributed by atoms with E-state index in [-0.39, 0.29) is 25.2 Å². The highest BCUT2D eigenvalue weighted by Gasteiger charge is 2.62. The lowest BCUT2D eigenvalue weighted by Crippen LogP contribution is -2.46. The van der Waals surface area contributed by atoms with E-state index in [1.165, 1.54) is 7.11 Å². The van der Waals surface area contributed by atoms with Gasteiger partial charge in [0.05, 0.1) is 26.2 Å². The summed E-state index contributed by atoms with van der Waals surface area (Å²) in [5.74, 6) is -5.09. The van der Waals surface area contributed by atoms with Crippen LogP contribution in [0.1, 0.15) is 44.9 Å². The lowest BCUT2D eigenvalue weighted by atomic mass is 9.82. The maximum Gasteiger partial charge on any atom is 0.406 e. The number of hydrogen-bond donors (Lipinski definition) is 0. The fourth-order valence-electron chi connectivity index (χ4n) is 2.89. The van der Waals surface area contributed by atoms with Crippen LogP contribution >= 0.6 is 0 Å². The minimum absolute atomic E-state index is 0.0573. The second-order valence-corrected chi connectivity index (χ2v) is 8.84. The molecule has 0 aliphatic heterocycles. The van der Waals surface area contributed by atoms with Gasteiger partial charge in [-0.3, -0.25) is 4.79 Å². The number of rotatable bonds is 11. The normalized spacial score (nSPS) is 21.9. The summed E-state index contributed by atoms with van der Waals surface area (Å²) in [6, 6.07) is 0. The van der Waals surface area contributed by atoms with E-state index >= 15 is 0 Å². The van der Waals surface area contributed by atoms with Crippen molar-refractivity contribution in [1.29, 1.82) is 0 Å². The molecule has 0 spiro atoms. The Morgan fingerprint density at radius 3 is 2.19 bits per heavy atom. The van der Waals surface area contributed by atoms with Crippen LogP contribution in [0.5, 0.6) is 0 Å². The predicted octanol–water partition coefficient (Wildman–Crippen LogP) is 3.36. The van der Waals surface area contributed by atoms with E-state index in [9.17, 15) is 30.8 Å². The Labute approximate surface area is 156 Å². The molecule has 160 valence electrons. The Morgan fingerprint density at radius 1 is 1.07 bits per heavy atom. The van der Waals surface area contributed by atoms with Crippen LogP contribution in [-0.4, -0.2) is 52.1 Å². The summed E-state index contributed by atoms with van der Waals surface area (Å²) in [7, 11) is -3.81. The average Bonchev–Trinajstić information content (AvgIpc) is 2.58. The molecule has 6 nitrogen and oxygen atoms in total. The first-order valence-electron chi connectivity index (χ1n) is 8.70. The number of sulfone groups is 1. The maximum atomic E-state index is 13.4. The molecule has 0 aromatic carbocycles. The van der Waals surface area contributed by atoms with Gasteiger partial charge in [0.15, 0.2) is 0 Å². The van der Waals surface area contributed by atoms with E-state index in [1.807, 2.05) is 0 Å². The number of ether oxygens (including phenoxy) is 1. The van der Waals surface area contributed by atoms with Crippen LogP contribution in [0.3, 0.4) is 0 Å². The van der Waals surface area contributed by atoms with Gasteiger partial charge < -0.3 is 4.74 Å². The van der Waals surface area contributed by atoms with Crippen molar-refractivity contribution >= 4 is 15.8 Å². The summed E-state index contributed by atoms with van der Waals surface area (Å²) in [5, 5.41) is -5.12. The van der Waals surface area contributed by atoms with Crippen molar-refractivity contribution in [2.45, 2.75) is 56.1 Å². The van der Waals surface area contributed by atoms with E-state index in [0.29, 0.717) is 25.4 Å². The van der Waals surface area contributed by atoms with E-state index in [1.54, 1.807) is 0 Å². The molecule has 11 heteroatoms. The summed E-state index contributed by atoms with van der Waals surface area (Å²) < 4.78 is 80.1. The summed E-state index contributed by atoms with van der Waals surface area (Å²) in [6.07, 6.45) is 1.09. The molecular formula is C16H26F4O6S. The van der Waals surface area contributed by atoms with Crippen LogP contribution < -0.4 is 0 Å². The van der Waals surface area contributed by atoms with Gasteiger partial charge in [0.25, 0.3) is 0 Å². The molecular weight excluding hydrogens is 396 g/mol. The smallest absolute Gasteiger partial charge is 0.406 e. The zero-order chi connectivity index (χ0) is 20.7. The molecule has 0 radical (unpaired) electrons.